The topological polar surface area (TPSA) is 64.2 Å². The number of aromatic nitrogens is 2. The lowest BCUT2D eigenvalue weighted by molar-refractivity contribution is 0.0707. The third-order valence-corrected chi connectivity index (χ3v) is 5.06. The van der Waals surface area contributed by atoms with Crippen molar-refractivity contribution in [2.45, 2.75) is 39.3 Å². The van der Waals surface area contributed by atoms with E-state index in [1.807, 2.05) is 35.6 Å². The van der Waals surface area contributed by atoms with Crippen LogP contribution in [0.2, 0.25) is 0 Å². The molecule has 0 unspecified atom stereocenters. The fourth-order valence-corrected chi connectivity index (χ4v) is 3.77. The summed E-state index contributed by atoms with van der Waals surface area (Å²) in [5.74, 6) is 0.0562. The van der Waals surface area contributed by atoms with Gasteiger partial charge in [0.1, 0.15) is 0 Å². The molecule has 0 saturated carbocycles. The fourth-order valence-electron chi connectivity index (χ4n) is 3.32. The van der Waals surface area contributed by atoms with E-state index in [1.54, 1.807) is 0 Å². The van der Waals surface area contributed by atoms with E-state index >= 15 is 0 Å². The molecule has 2 aromatic rings. The SMILES string of the molecule is Cc1nn(Cc2cccc(Br)c2)c(C)c1C(=O)N1CCC[C@H](N)C1. The van der Waals surface area contributed by atoms with E-state index in [1.165, 1.54) is 0 Å². The predicted molar refractivity (Wildman–Crippen MR) is 98.1 cm³/mol. The van der Waals surface area contributed by atoms with Crippen LogP contribution in [0.3, 0.4) is 0 Å². The Morgan fingerprint density at radius 2 is 2.21 bits per heavy atom. The van der Waals surface area contributed by atoms with Gasteiger partial charge in [0.15, 0.2) is 0 Å². The number of rotatable bonds is 3. The Morgan fingerprint density at radius 1 is 1.42 bits per heavy atom. The number of nitrogens with zero attached hydrogens (tertiary/aromatic N) is 3. The van der Waals surface area contributed by atoms with Gasteiger partial charge in [-0.15, -0.1) is 0 Å². The number of aryl methyl sites for hydroxylation is 1. The van der Waals surface area contributed by atoms with Crippen molar-refractivity contribution in [3.05, 3.63) is 51.3 Å². The molecule has 1 amide bonds. The lowest BCUT2D eigenvalue weighted by atomic mass is 10.0. The van der Waals surface area contributed by atoms with Crippen LogP contribution in [0.25, 0.3) is 0 Å². The summed E-state index contributed by atoms with van der Waals surface area (Å²) in [4.78, 5) is 14.8. The van der Waals surface area contributed by atoms with Crippen LogP contribution < -0.4 is 5.73 Å². The van der Waals surface area contributed by atoms with Crippen LogP contribution in [0.4, 0.5) is 0 Å². The second-order valence-corrected chi connectivity index (χ2v) is 7.40. The first-order chi connectivity index (χ1) is 11.5. The molecule has 0 spiro atoms. The van der Waals surface area contributed by atoms with Gasteiger partial charge < -0.3 is 10.6 Å². The molecule has 6 heteroatoms. The minimum absolute atomic E-state index is 0.0562. The average molecular weight is 391 g/mol. The molecule has 1 aromatic carbocycles. The Bertz CT molecular complexity index is 755. The lowest BCUT2D eigenvalue weighted by Crippen LogP contribution is -2.46. The molecular weight excluding hydrogens is 368 g/mol. The molecule has 128 valence electrons. The molecule has 5 nitrogen and oxygen atoms in total. The van der Waals surface area contributed by atoms with Crippen molar-refractivity contribution in [3.63, 3.8) is 0 Å². The van der Waals surface area contributed by atoms with Crippen LogP contribution in [-0.2, 0) is 6.54 Å². The van der Waals surface area contributed by atoms with Gasteiger partial charge in [0.25, 0.3) is 5.91 Å². The predicted octanol–water partition coefficient (Wildman–Crippen LogP) is 2.87. The van der Waals surface area contributed by atoms with Crippen LogP contribution in [0.1, 0.15) is 40.2 Å². The molecule has 1 fully saturated rings. The molecule has 1 aliphatic heterocycles. The van der Waals surface area contributed by atoms with Gasteiger partial charge in [0.2, 0.25) is 0 Å². The summed E-state index contributed by atoms with van der Waals surface area (Å²) in [6, 6.07) is 8.22. The van der Waals surface area contributed by atoms with Crippen LogP contribution in [0.15, 0.2) is 28.7 Å². The standard InChI is InChI=1S/C18H23BrN4O/c1-12-17(18(24)22-8-4-7-16(20)11-22)13(2)23(21-12)10-14-5-3-6-15(19)9-14/h3,5-6,9,16H,4,7-8,10-11,20H2,1-2H3/t16-/m0/s1. The highest BCUT2D eigenvalue weighted by molar-refractivity contribution is 9.10. The molecule has 2 N–H and O–H groups in total. The molecule has 0 aliphatic carbocycles. The molecule has 0 radical (unpaired) electrons. The zero-order valence-electron chi connectivity index (χ0n) is 14.1. The van der Waals surface area contributed by atoms with E-state index in [2.05, 4.69) is 33.2 Å². The summed E-state index contributed by atoms with van der Waals surface area (Å²) in [6.07, 6.45) is 1.96. The quantitative estimate of drug-likeness (QED) is 0.875. The molecule has 1 aromatic heterocycles. The van der Waals surface area contributed by atoms with E-state index < -0.39 is 0 Å². The number of carbonyl (C=O) groups excluding carboxylic acids is 1. The smallest absolute Gasteiger partial charge is 0.257 e. The number of halogens is 1. The summed E-state index contributed by atoms with van der Waals surface area (Å²) in [5, 5.41) is 4.59. The van der Waals surface area contributed by atoms with Crippen LogP contribution in [0, 0.1) is 13.8 Å². The van der Waals surface area contributed by atoms with E-state index in [-0.39, 0.29) is 11.9 Å². The van der Waals surface area contributed by atoms with Gasteiger partial charge in [-0.05, 0) is 44.4 Å². The van der Waals surface area contributed by atoms with E-state index in [0.717, 1.165) is 46.4 Å². The van der Waals surface area contributed by atoms with Crippen molar-refractivity contribution in [2.75, 3.05) is 13.1 Å². The zero-order valence-corrected chi connectivity index (χ0v) is 15.7. The first-order valence-corrected chi connectivity index (χ1v) is 9.08. The van der Waals surface area contributed by atoms with Gasteiger partial charge in [0, 0.05) is 29.3 Å². The highest BCUT2D eigenvalue weighted by Crippen LogP contribution is 2.20. The number of benzene rings is 1. The Kier molecular flexibility index (Phi) is 5.06. The Hall–Kier alpha value is -1.66. The van der Waals surface area contributed by atoms with Crippen LogP contribution in [0.5, 0.6) is 0 Å². The van der Waals surface area contributed by atoms with Crippen molar-refractivity contribution in [1.82, 2.24) is 14.7 Å². The van der Waals surface area contributed by atoms with Crippen molar-refractivity contribution < 1.29 is 4.79 Å². The summed E-state index contributed by atoms with van der Waals surface area (Å²) in [5.41, 5.74) is 9.59. The number of hydrogen-bond donors (Lipinski definition) is 1. The summed E-state index contributed by atoms with van der Waals surface area (Å²) >= 11 is 3.49. The van der Waals surface area contributed by atoms with Crippen molar-refractivity contribution in [3.8, 4) is 0 Å². The van der Waals surface area contributed by atoms with Gasteiger partial charge in [-0.1, -0.05) is 28.1 Å². The minimum atomic E-state index is 0.0562. The van der Waals surface area contributed by atoms with Crippen LogP contribution >= 0.6 is 15.9 Å². The number of carbonyl (C=O) groups is 1. The molecule has 2 heterocycles. The zero-order chi connectivity index (χ0) is 17.3. The normalized spacial score (nSPS) is 18.0. The largest absolute Gasteiger partial charge is 0.337 e. The van der Waals surface area contributed by atoms with E-state index in [0.29, 0.717) is 13.1 Å². The third-order valence-electron chi connectivity index (χ3n) is 4.56. The van der Waals surface area contributed by atoms with E-state index in [9.17, 15) is 4.79 Å². The van der Waals surface area contributed by atoms with Crippen molar-refractivity contribution in [2.24, 2.45) is 5.73 Å². The molecule has 1 aliphatic rings. The Balaban J connectivity index is 1.85. The number of piperidine rings is 1. The molecule has 1 atom stereocenters. The minimum Gasteiger partial charge on any atom is -0.337 e. The number of amides is 1. The lowest BCUT2D eigenvalue weighted by Gasteiger charge is -2.30. The molecular formula is C18H23BrN4O. The van der Waals surface area contributed by atoms with E-state index in [4.69, 9.17) is 5.73 Å². The number of hydrogen-bond acceptors (Lipinski definition) is 3. The molecule has 3 rings (SSSR count). The first-order valence-electron chi connectivity index (χ1n) is 8.29. The first kappa shape index (κ1) is 17.2. The number of nitrogens with two attached hydrogens (primary N) is 1. The summed E-state index contributed by atoms with van der Waals surface area (Å²) in [6.45, 7) is 5.94. The Labute approximate surface area is 151 Å². The van der Waals surface area contributed by atoms with Gasteiger partial charge in [-0.3, -0.25) is 9.48 Å². The third kappa shape index (κ3) is 3.54. The molecule has 24 heavy (non-hydrogen) atoms. The summed E-state index contributed by atoms with van der Waals surface area (Å²) in [7, 11) is 0. The number of likely N-dealkylation sites (tertiary alicyclic amines) is 1. The molecule has 0 bridgehead atoms. The van der Waals surface area contributed by atoms with Gasteiger partial charge in [0.05, 0.1) is 17.8 Å². The van der Waals surface area contributed by atoms with Gasteiger partial charge in [-0.2, -0.15) is 5.10 Å². The Morgan fingerprint density at radius 3 is 2.92 bits per heavy atom. The maximum atomic E-state index is 12.9. The highest BCUT2D eigenvalue weighted by atomic mass is 79.9. The maximum absolute atomic E-state index is 12.9. The fraction of sp³-hybridized carbons (Fsp3) is 0.444. The van der Waals surface area contributed by atoms with Gasteiger partial charge >= 0.3 is 0 Å². The van der Waals surface area contributed by atoms with Crippen LogP contribution in [-0.4, -0.2) is 39.7 Å². The summed E-state index contributed by atoms with van der Waals surface area (Å²) < 4.78 is 2.95. The van der Waals surface area contributed by atoms with Crippen molar-refractivity contribution in [1.29, 1.82) is 0 Å². The maximum Gasteiger partial charge on any atom is 0.257 e. The second kappa shape index (κ2) is 7.07. The van der Waals surface area contributed by atoms with Crippen molar-refractivity contribution >= 4 is 21.8 Å². The monoisotopic (exact) mass is 390 g/mol. The molecule has 1 saturated heterocycles. The second-order valence-electron chi connectivity index (χ2n) is 6.49. The average Bonchev–Trinajstić information content (AvgIpc) is 2.81. The highest BCUT2D eigenvalue weighted by Gasteiger charge is 2.27. The van der Waals surface area contributed by atoms with Gasteiger partial charge in [-0.25, -0.2) is 0 Å².